The Balaban J connectivity index is 2.85. The van der Waals surface area contributed by atoms with E-state index in [1.165, 1.54) is 5.56 Å². The van der Waals surface area contributed by atoms with Crippen LogP contribution in [0.25, 0.3) is 0 Å². The number of esters is 1. The molecule has 4 nitrogen and oxygen atoms in total. The number of hydrogen-bond acceptors (Lipinski definition) is 3. The molecule has 140 valence electrons. The van der Waals surface area contributed by atoms with E-state index in [0.29, 0.717) is 12.8 Å². The van der Waals surface area contributed by atoms with Crippen LogP contribution in [0, 0.1) is 17.8 Å². The van der Waals surface area contributed by atoms with E-state index in [1.807, 2.05) is 52.8 Å². The maximum absolute atomic E-state index is 12.7. The summed E-state index contributed by atoms with van der Waals surface area (Å²) in [5.41, 5.74) is 6.28. The zero-order valence-corrected chi connectivity index (χ0v) is 16.2. The molecule has 0 bridgehead atoms. The zero-order valence-electron chi connectivity index (χ0n) is 16.2. The van der Waals surface area contributed by atoms with Gasteiger partial charge in [-0.25, -0.2) is 0 Å². The van der Waals surface area contributed by atoms with Gasteiger partial charge in [0, 0.05) is 0 Å². The Morgan fingerprint density at radius 2 is 1.68 bits per heavy atom. The lowest BCUT2D eigenvalue weighted by Gasteiger charge is -2.28. The SMILES string of the molecule is CC(C)CC(C(N)=O)[C@@H](CCCc1ccccc1)C(=O)OC(C)(C)C. The molecular weight excluding hydrogens is 314 g/mol. The molecule has 25 heavy (non-hydrogen) atoms. The Morgan fingerprint density at radius 3 is 2.16 bits per heavy atom. The van der Waals surface area contributed by atoms with Crippen molar-refractivity contribution in [3.05, 3.63) is 35.9 Å². The Kier molecular flexibility index (Phi) is 8.14. The van der Waals surface area contributed by atoms with E-state index in [2.05, 4.69) is 12.1 Å². The first-order valence-electron chi connectivity index (χ1n) is 9.16. The normalized spacial score (nSPS) is 14.2. The van der Waals surface area contributed by atoms with Gasteiger partial charge in [0.05, 0.1) is 11.8 Å². The minimum Gasteiger partial charge on any atom is -0.460 e. The summed E-state index contributed by atoms with van der Waals surface area (Å²) in [5.74, 6) is -1.40. The monoisotopic (exact) mass is 347 g/mol. The van der Waals surface area contributed by atoms with Crippen LogP contribution in [-0.2, 0) is 20.7 Å². The van der Waals surface area contributed by atoms with Crippen molar-refractivity contribution < 1.29 is 14.3 Å². The van der Waals surface area contributed by atoms with Crippen LogP contribution in [0.3, 0.4) is 0 Å². The summed E-state index contributed by atoms with van der Waals surface area (Å²) in [4.78, 5) is 24.7. The summed E-state index contributed by atoms with van der Waals surface area (Å²) in [5, 5.41) is 0. The number of primary amides is 1. The van der Waals surface area contributed by atoms with Crippen molar-refractivity contribution in [2.45, 2.75) is 65.9 Å². The average molecular weight is 347 g/mol. The highest BCUT2D eigenvalue weighted by Gasteiger charge is 2.35. The maximum Gasteiger partial charge on any atom is 0.310 e. The maximum atomic E-state index is 12.7. The van der Waals surface area contributed by atoms with E-state index in [9.17, 15) is 9.59 Å². The molecule has 0 saturated heterocycles. The largest absolute Gasteiger partial charge is 0.460 e. The highest BCUT2D eigenvalue weighted by atomic mass is 16.6. The van der Waals surface area contributed by atoms with E-state index in [4.69, 9.17) is 10.5 Å². The molecule has 0 aromatic heterocycles. The van der Waals surface area contributed by atoms with E-state index in [1.54, 1.807) is 0 Å². The number of rotatable bonds is 9. The van der Waals surface area contributed by atoms with Crippen LogP contribution in [0.4, 0.5) is 0 Å². The Labute approximate surface area is 152 Å². The molecule has 2 atom stereocenters. The summed E-state index contributed by atoms with van der Waals surface area (Å²) in [6, 6.07) is 10.1. The van der Waals surface area contributed by atoms with Gasteiger partial charge in [0.15, 0.2) is 0 Å². The van der Waals surface area contributed by atoms with Crippen LogP contribution in [-0.4, -0.2) is 17.5 Å². The number of amides is 1. The fourth-order valence-electron chi connectivity index (χ4n) is 3.02. The van der Waals surface area contributed by atoms with Gasteiger partial charge in [-0.1, -0.05) is 44.2 Å². The molecule has 0 aliphatic carbocycles. The second-order valence-corrected chi connectivity index (χ2v) is 8.16. The van der Waals surface area contributed by atoms with Crippen LogP contribution in [0.1, 0.15) is 59.4 Å². The van der Waals surface area contributed by atoms with Crippen molar-refractivity contribution in [3.63, 3.8) is 0 Å². The second-order valence-electron chi connectivity index (χ2n) is 8.16. The minimum atomic E-state index is -0.575. The molecule has 0 spiro atoms. The van der Waals surface area contributed by atoms with E-state index < -0.39 is 23.3 Å². The summed E-state index contributed by atoms with van der Waals surface area (Å²) in [7, 11) is 0. The van der Waals surface area contributed by atoms with Gasteiger partial charge in [-0.15, -0.1) is 0 Å². The molecule has 2 N–H and O–H groups in total. The number of nitrogens with two attached hydrogens (primary N) is 1. The fourth-order valence-corrected chi connectivity index (χ4v) is 3.02. The molecule has 0 aliphatic rings. The number of aryl methyl sites for hydroxylation is 1. The van der Waals surface area contributed by atoms with Gasteiger partial charge >= 0.3 is 5.97 Å². The predicted molar refractivity (Wildman–Crippen MR) is 101 cm³/mol. The number of benzene rings is 1. The standard InChI is InChI=1S/C21H33NO3/c1-15(2)14-18(19(22)23)17(20(24)25-21(3,4)5)13-9-12-16-10-7-6-8-11-16/h6-8,10-11,15,17-18H,9,12-14H2,1-5H3,(H2,22,23)/t17-,18?/m1/s1. The molecule has 0 saturated carbocycles. The van der Waals surface area contributed by atoms with E-state index in [-0.39, 0.29) is 11.9 Å². The van der Waals surface area contributed by atoms with E-state index >= 15 is 0 Å². The Hall–Kier alpha value is -1.84. The van der Waals surface area contributed by atoms with Crippen molar-refractivity contribution in [2.24, 2.45) is 23.5 Å². The molecule has 1 rings (SSSR count). The third kappa shape index (κ3) is 8.19. The Bertz CT molecular complexity index is 546. The molecule has 0 heterocycles. The molecule has 0 aliphatic heterocycles. The van der Waals surface area contributed by atoms with Crippen LogP contribution >= 0.6 is 0 Å². The predicted octanol–water partition coefficient (Wildman–Crippen LogP) is 4.11. The topological polar surface area (TPSA) is 69.4 Å². The molecule has 0 radical (unpaired) electrons. The van der Waals surface area contributed by atoms with Gasteiger partial charge < -0.3 is 10.5 Å². The molecule has 1 unspecified atom stereocenters. The third-order valence-corrected chi connectivity index (χ3v) is 4.11. The van der Waals surface area contributed by atoms with Crippen molar-refractivity contribution in [1.82, 2.24) is 0 Å². The van der Waals surface area contributed by atoms with Gasteiger partial charge in [0.2, 0.25) is 5.91 Å². The lowest BCUT2D eigenvalue weighted by molar-refractivity contribution is -0.164. The summed E-state index contributed by atoms with van der Waals surface area (Å²) in [6.07, 6.45) is 2.89. The van der Waals surface area contributed by atoms with Gasteiger partial charge in [-0.3, -0.25) is 9.59 Å². The van der Waals surface area contributed by atoms with Crippen LogP contribution in [0.2, 0.25) is 0 Å². The highest BCUT2D eigenvalue weighted by Crippen LogP contribution is 2.28. The lowest BCUT2D eigenvalue weighted by atomic mass is 9.81. The number of hydrogen-bond donors (Lipinski definition) is 1. The summed E-state index contributed by atoms with van der Waals surface area (Å²) >= 11 is 0. The number of ether oxygens (including phenoxy) is 1. The summed E-state index contributed by atoms with van der Waals surface area (Å²) in [6.45, 7) is 9.59. The molecule has 1 amide bonds. The van der Waals surface area contributed by atoms with Crippen LogP contribution in [0.15, 0.2) is 30.3 Å². The molecule has 1 aromatic carbocycles. The van der Waals surface area contributed by atoms with Crippen molar-refractivity contribution in [1.29, 1.82) is 0 Å². The van der Waals surface area contributed by atoms with Gasteiger partial charge in [-0.05, 0) is 57.9 Å². The fraction of sp³-hybridized carbons (Fsp3) is 0.619. The van der Waals surface area contributed by atoms with Crippen LogP contribution in [0.5, 0.6) is 0 Å². The van der Waals surface area contributed by atoms with Crippen LogP contribution < -0.4 is 5.73 Å². The Morgan fingerprint density at radius 1 is 1.08 bits per heavy atom. The second kappa shape index (κ2) is 9.59. The van der Waals surface area contributed by atoms with Gasteiger partial charge in [0.25, 0.3) is 0 Å². The van der Waals surface area contributed by atoms with Crippen molar-refractivity contribution in [3.8, 4) is 0 Å². The number of carbonyl (C=O) groups is 2. The van der Waals surface area contributed by atoms with E-state index in [0.717, 1.165) is 12.8 Å². The zero-order chi connectivity index (χ0) is 19.0. The number of carbonyl (C=O) groups excluding carboxylic acids is 2. The lowest BCUT2D eigenvalue weighted by Crippen LogP contribution is -2.39. The molecule has 1 aromatic rings. The molecule has 4 heteroatoms. The molecular formula is C21H33NO3. The molecule has 0 fully saturated rings. The first-order valence-corrected chi connectivity index (χ1v) is 9.16. The average Bonchev–Trinajstić information content (AvgIpc) is 2.48. The van der Waals surface area contributed by atoms with Gasteiger partial charge in [-0.2, -0.15) is 0 Å². The van der Waals surface area contributed by atoms with Crippen molar-refractivity contribution in [2.75, 3.05) is 0 Å². The summed E-state index contributed by atoms with van der Waals surface area (Å²) < 4.78 is 5.57. The quantitative estimate of drug-likeness (QED) is 0.683. The minimum absolute atomic E-state index is 0.288. The smallest absolute Gasteiger partial charge is 0.310 e. The van der Waals surface area contributed by atoms with Crippen molar-refractivity contribution >= 4 is 11.9 Å². The third-order valence-electron chi connectivity index (χ3n) is 4.11. The highest BCUT2D eigenvalue weighted by molar-refractivity contribution is 5.84. The first-order chi connectivity index (χ1) is 11.6. The van der Waals surface area contributed by atoms with Gasteiger partial charge in [0.1, 0.15) is 5.60 Å². The first kappa shape index (κ1) is 21.2.